The summed E-state index contributed by atoms with van der Waals surface area (Å²) >= 11 is 0. The monoisotopic (exact) mass is 370 g/mol. The van der Waals surface area contributed by atoms with Gasteiger partial charge in [0.1, 0.15) is 23.0 Å². The minimum Gasteiger partial charge on any atom is -0.464 e. The van der Waals surface area contributed by atoms with E-state index in [1.165, 1.54) is 22.1 Å². The van der Waals surface area contributed by atoms with Gasteiger partial charge in [-0.1, -0.05) is 24.3 Å². The molecule has 0 aliphatic carbocycles. The Balaban J connectivity index is 1.56. The summed E-state index contributed by atoms with van der Waals surface area (Å²) in [7, 11) is 0. The minimum absolute atomic E-state index is 0.698. The van der Waals surface area contributed by atoms with E-state index >= 15 is 0 Å². The van der Waals surface area contributed by atoms with Crippen molar-refractivity contribution in [3.05, 3.63) is 96.1 Å². The van der Waals surface area contributed by atoms with Crippen LogP contribution in [0.5, 0.6) is 0 Å². The number of fused-ring (bicyclic) bond motifs is 2. The number of benzene rings is 2. The van der Waals surface area contributed by atoms with E-state index in [9.17, 15) is 0 Å². The summed E-state index contributed by atoms with van der Waals surface area (Å²) in [6.07, 6.45) is 4.23. The van der Waals surface area contributed by atoms with Crippen LogP contribution in [0, 0.1) is 13.8 Å². The van der Waals surface area contributed by atoms with E-state index in [1.54, 1.807) is 0 Å². The first kappa shape index (κ1) is 16.8. The number of hydrogen-bond acceptors (Lipinski definition) is 4. The molecule has 5 rings (SSSR count). The Morgan fingerprint density at radius 3 is 1.50 bits per heavy atom. The standard InChI is InChI=1S/C24H22N2O2/c1-17-7-9-21(27-17)15-25-11-12-26(16-22-10-8-18(2)28-22)24-14-20-6-4-3-5-19(20)13-23(24)25/h3-14H,15-16H2,1-2H3. The van der Waals surface area contributed by atoms with Crippen molar-refractivity contribution >= 4 is 22.1 Å². The maximum absolute atomic E-state index is 5.81. The second kappa shape index (κ2) is 6.64. The van der Waals surface area contributed by atoms with Gasteiger partial charge < -0.3 is 18.6 Å². The molecule has 0 amide bonds. The first-order valence-corrected chi connectivity index (χ1v) is 9.51. The molecule has 0 unspecified atom stereocenters. The molecule has 28 heavy (non-hydrogen) atoms. The van der Waals surface area contributed by atoms with Crippen molar-refractivity contribution in [2.24, 2.45) is 0 Å². The van der Waals surface area contributed by atoms with E-state index in [4.69, 9.17) is 8.83 Å². The summed E-state index contributed by atoms with van der Waals surface area (Å²) in [5, 5.41) is 2.46. The zero-order valence-corrected chi connectivity index (χ0v) is 16.1. The van der Waals surface area contributed by atoms with Crippen molar-refractivity contribution in [3.8, 4) is 0 Å². The summed E-state index contributed by atoms with van der Waals surface area (Å²) in [5.41, 5.74) is 2.33. The summed E-state index contributed by atoms with van der Waals surface area (Å²) in [5.74, 6) is 3.78. The molecule has 0 atom stereocenters. The average molecular weight is 370 g/mol. The average Bonchev–Trinajstić information content (AvgIpc) is 3.30. The van der Waals surface area contributed by atoms with E-state index in [1.807, 2.05) is 38.1 Å². The molecular formula is C24H22N2O2. The molecule has 2 aromatic heterocycles. The highest BCUT2D eigenvalue weighted by molar-refractivity contribution is 5.94. The van der Waals surface area contributed by atoms with Gasteiger partial charge >= 0.3 is 0 Å². The topological polar surface area (TPSA) is 32.8 Å². The Labute approximate surface area is 164 Å². The van der Waals surface area contributed by atoms with Crippen LogP contribution in [0.15, 0.2) is 81.9 Å². The van der Waals surface area contributed by atoms with Crippen LogP contribution in [0.1, 0.15) is 23.0 Å². The zero-order chi connectivity index (χ0) is 19.1. The highest BCUT2D eigenvalue weighted by Crippen LogP contribution is 2.39. The Kier molecular flexibility index (Phi) is 3.97. The molecule has 0 fully saturated rings. The second-order valence-electron chi connectivity index (χ2n) is 7.27. The predicted octanol–water partition coefficient (Wildman–Crippen LogP) is 6.14. The van der Waals surface area contributed by atoms with Crippen LogP contribution in [-0.2, 0) is 13.1 Å². The molecule has 0 N–H and O–H groups in total. The highest BCUT2D eigenvalue weighted by Gasteiger charge is 2.21. The van der Waals surface area contributed by atoms with Crippen LogP contribution < -0.4 is 9.80 Å². The molecule has 4 heteroatoms. The Morgan fingerprint density at radius 2 is 1.11 bits per heavy atom. The van der Waals surface area contributed by atoms with Gasteiger partial charge in [0.2, 0.25) is 0 Å². The van der Waals surface area contributed by atoms with Crippen LogP contribution >= 0.6 is 0 Å². The third kappa shape index (κ3) is 3.07. The smallest absolute Gasteiger partial charge is 0.123 e. The lowest BCUT2D eigenvalue weighted by atomic mass is 10.1. The minimum atomic E-state index is 0.698. The molecule has 1 aliphatic rings. The Morgan fingerprint density at radius 1 is 0.643 bits per heavy atom. The molecule has 3 heterocycles. The third-order valence-corrected chi connectivity index (χ3v) is 5.13. The summed E-state index contributed by atoms with van der Waals surface area (Å²) in [6, 6.07) is 21.1. The molecule has 0 spiro atoms. The van der Waals surface area contributed by atoms with E-state index in [2.05, 4.69) is 58.6 Å². The van der Waals surface area contributed by atoms with Crippen molar-refractivity contribution in [2.45, 2.75) is 26.9 Å². The quantitative estimate of drug-likeness (QED) is 0.432. The molecule has 0 saturated heterocycles. The molecule has 2 aromatic carbocycles. The van der Waals surface area contributed by atoms with Crippen molar-refractivity contribution in [2.75, 3.05) is 9.80 Å². The maximum atomic E-state index is 5.81. The van der Waals surface area contributed by atoms with Crippen molar-refractivity contribution in [1.29, 1.82) is 0 Å². The number of nitrogens with zero attached hydrogens (tertiary/aromatic N) is 2. The number of furan rings is 2. The van der Waals surface area contributed by atoms with Crippen molar-refractivity contribution < 1.29 is 8.83 Å². The van der Waals surface area contributed by atoms with Crippen LogP contribution in [-0.4, -0.2) is 0 Å². The summed E-state index contributed by atoms with van der Waals surface area (Å²) < 4.78 is 11.6. The molecule has 0 bridgehead atoms. The van der Waals surface area contributed by atoms with Gasteiger partial charge in [0.05, 0.1) is 24.5 Å². The SMILES string of the molecule is Cc1ccc(CN2C=CN(Cc3ccc(C)o3)c3cc4ccccc4cc32)o1. The maximum Gasteiger partial charge on any atom is 0.123 e. The van der Waals surface area contributed by atoms with Gasteiger partial charge in [0.25, 0.3) is 0 Å². The molecule has 1 aliphatic heterocycles. The fourth-order valence-corrected chi connectivity index (χ4v) is 3.75. The number of aryl methyl sites for hydroxylation is 2. The third-order valence-electron chi connectivity index (χ3n) is 5.13. The summed E-state index contributed by atoms with van der Waals surface area (Å²) in [6.45, 7) is 5.35. The van der Waals surface area contributed by atoms with Crippen LogP contribution in [0.25, 0.3) is 10.8 Å². The van der Waals surface area contributed by atoms with Gasteiger partial charge in [-0.25, -0.2) is 0 Å². The zero-order valence-electron chi connectivity index (χ0n) is 16.1. The van der Waals surface area contributed by atoms with Gasteiger partial charge in [0, 0.05) is 12.4 Å². The molecular weight excluding hydrogens is 348 g/mol. The first-order chi connectivity index (χ1) is 13.7. The lowest BCUT2D eigenvalue weighted by Crippen LogP contribution is -2.27. The number of rotatable bonds is 4. The largest absolute Gasteiger partial charge is 0.464 e. The van der Waals surface area contributed by atoms with Crippen LogP contribution in [0.2, 0.25) is 0 Å². The number of anilines is 2. The normalized spacial score (nSPS) is 13.4. The van der Waals surface area contributed by atoms with Gasteiger partial charge in [-0.15, -0.1) is 0 Å². The van der Waals surface area contributed by atoms with Gasteiger partial charge in [-0.2, -0.15) is 0 Å². The number of hydrogen-bond donors (Lipinski definition) is 0. The Bertz CT molecular complexity index is 1080. The van der Waals surface area contributed by atoms with Crippen molar-refractivity contribution in [1.82, 2.24) is 0 Å². The van der Waals surface area contributed by atoms with Gasteiger partial charge in [0.15, 0.2) is 0 Å². The van der Waals surface area contributed by atoms with E-state index in [0.29, 0.717) is 13.1 Å². The van der Waals surface area contributed by atoms with E-state index in [0.717, 1.165) is 23.0 Å². The predicted molar refractivity (Wildman–Crippen MR) is 112 cm³/mol. The van der Waals surface area contributed by atoms with E-state index in [-0.39, 0.29) is 0 Å². The lowest BCUT2D eigenvalue weighted by molar-refractivity contribution is 0.480. The first-order valence-electron chi connectivity index (χ1n) is 9.51. The Hall–Kier alpha value is -3.40. The van der Waals surface area contributed by atoms with Crippen LogP contribution in [0.3, 0.4) is 0 Å². The molecule has 140 valence electrons. The summed E-state index contributed by atoms with van der Waals surface area (Å²) in [4.78, 5) is 4.48. The fourth-order valence-electron chi connectivity index (χ4n) is 3.75. The lowest BCUT2D eigenvalue weighted by Gasteiger charge is -2.33. The van der Waals surface area contributed by atoms with Crippen LogP contribution in [0.4, 0.5) is 11.4 Å². The highest BCUT2D eigenvalue weighted by atomic mass is 16.3. The van der Waals surface area contributed by atoms with Crippen molar-refractivity contribution in [3.63, 3.8) is 0 Å². The molecule has 0 saturated carbocycles. The van der Waals surface area contributed by atoms with Gasteiger partial charge in [-0.3, -0.25) is 0 Å². The second-order valence-corrected chi connectivity index (χ2v) is 7.27. The van der Waals surface area contributed by atoms with Gasteiger partial charge in [-0.05, 0) is 61.0 Å². The molecule has 0 radical (unpaired) electrons. The fraction of sp³-hybridized carbons (Fsp3) is 0.167. The van der Waals surface area contributed by atoms with E-state index < -0.39 is 0 Å². The molecule has 4 aromatic rings. The molecule has 4 nitrogen and oxygen atoms in total.